The van der Waals surface area contributed by atoms with E-state index in [0.717, 1.165) is 29.3 Å². The third kappa shape index (κ3) is 4.19. The van der Waals surface area contributed by atoms with Crippen LogP contribution in [0, 0.1) is 6.92 Å². The molecule has 0 aliphatic carbocycles. The number of anilines is 2. The molecule has 118 valence electrons. The molecule has 0 unspecified atom stereocenters. The lowest BCUT2D eigenvalue weighted by Gasteiger charge is -2.27. The molecule has 2 rings (SSSR count). The predicted molar refractivity (Wildman–Crippen MR) is 100 cm³/mol. The summed E-state index contributed by atoms with van der Waals surface area (Å²) in [6, 6.07) is 14.6. The number of pyridine rings is 1. The fourth-order valence-corrected chi connectivity index (χ4v) is 2.47. The zero-order chi connectivity index (χ0) is 16.7. The summed E-state index contributed by atoms with van der Waals surface area (Å²) in [6.45, 7) is 9.92. The summed E-state index contributed by atoms with van der Waals surface area (Å²) in [5.41, 5.74) is 4.59. The lowest BCUT2D eigenvalue weighted by atomic mass is 10.1. The van der Waals surface area contributed by atoms with Crippen molar-refractivity contribution in [1.29, 1.82) is 0 Å². The van der Waals surface area contributed by atoms with Crippen molar-refractivity contribution in [2.45, 2.75) is 27.2 Å². The maximum absolute atomic E-state index is 4.71. The van der Waals surface area contributed by atoms with Gasteiger partial charge in [0.25, 0.3) is 0 Å². The SMILES string of the molecule is C=C/C=C\Cc1ccccc1N(/C(C)=C/C)c1cccc(C)n1. The van der Waals surface area contributed by atoms with E-state index in [9.17, 15) is 0 Å². The third-order valence-corrected chi connectivity index (χ3v) is 3.72. The van der Waals surface area contributed by atoms with E-state index in [0.29, 0.717) is 0 Å². The molecule has 2 heteroatoms. The normalized spacial score (nSPS) is 11.7. The Hall–Kier alpha value is -2.61. The smallest absolute Gasteiger partial charge is 0.137 e. The second-order valence-corrected chi connectivity index (χ2v) is 5.40. The minimum absolute atomic E-state index is 0.863. The molecule has 2 nitrogen and oxygen atoms in total. The quantitative estimate of drug-likeness (QED) is 0.633. The molecule has 1 aromatic heterocycles. The van der Waals surface area contributed by atoms with E-state index in [4.69, 9.17) is 4.98 Å². The van der Waals surface area contributed by atoms with Crippen LogP contribution in [-0.4, -0.2) is 4.98 Å². The standard InChI is InChI=1S/C21H24N2/c1-5-7-8-13-19-14-9-10-15-20(19)23(18(4)6-2)21-16-11-12-17(3)22-21/h5-12,14-16H,1,13H2,2-4H3/b8-7-,18-6+. The van der Waals surface area contributed by atoms with Crippen LogP contribution in [-0.2, 0) is 6.42 Å². The Balaban J connectivity index is 2.52. The molecule has 0 radical (unpaired) electrons. The van der Waals surface area contributed by atoms with Gasteiger partial charge in [0, 0.05) is 11.4 Å². The Morgan fingerprint density at radius 1 is 1.17 bits per heavy atom. The molecule has 0 aliphatic rings. The Morgan fingerprint density at radius 3 is 2.65 bits per heavy atom. The lowest BCUT2D eigenvalue weighted by molar-refractivity contribution is 1.05. The highest BCUT2D eigenvalue weighted by Gasteiger charge is 2.15. The van der Waals surface area contributed by atoms with E-state index < -0.39 is 0 Å². The molecule has 0 bridgehead atoms. The molecular weight excluding hydrogens is 280 g/mol. The first-order chi connectivity index (χ1) is 11.2. The molecule has 23 heavy (non-hydrogen) atoms. The second-order valence-electron chi connectivity index (χ2n) is 5.40. The predicted octanol–water partition coefficient (Wildman–Crippen LogP) is 5.74. The summed E-state index contributed by atoms with van der Waals surface area (Å²) < 4.78 is 0. The Labute approximate surface area is 139 Å². The second kappa shape index (κ2) is 8.14. The van der Waals surface area contributed by atoms with Crippen molar-refractivity contribution in [2.24, 2.45) is 0 Å². The first-order valence-corrected chi connectivity index (χ1v) is 7.89. The van der Waals surface area contributed by atoms with E-state index in [-0.39, 0.29) is 0 Å². The van der Waals surface area contributed by atoms with Crippen LogP contribution in [0.5, 0.6) is 0 Å². The number of para-hydroxylation sites is 1. The Morgan fingerprint density at radius 2 is 1.96 bits per heavy atom. The zero-order valence-corrected chi connectivity index (χ0v) is 14.2. The molecule has 0 fully saturated rings. The summed E-state index contributed by atoms with van der Waals surface area (Å²) in [6.07, 6.45) is 8.88. The van der Waals surface area contributed by atoms with Gasteiger partial charge in [-0.2, -0.15) is 0 Å². The van der Waals surface area contributed by atoms with Crippen LogP contribution in [0.25, 0.3) is 0 Å². The van der Waals surface area contributed by atoms with Gasteiger partial charge >= 0.3 is 0 Å². The average molecular weight is 304 g/mol. The molecule has 2 aromatic rings. The molecule has 0 spiro atoms. The number of rotatable bonds is 6. The molecular formula is C21H24N2. The van der Waals surface area contributed by atoms with Gasteiger partial charge in [-0.3, -0.25) is 4.90 Å². The van der Waals surface area contributed by atoms with Crippen LogP contribution in [0.4, 0.5) is 11.5 Å². The highest BCUT2D eigenvalue weighted by molar-refractivity contribution is 5.68. The van der Waals surface area contributed by atoms with Gasteiger partial charge in [0.1, 0.15) is 5.82 Å². The molecule has 1 aromatic carbocycles. The van der Waals surface area contributed by atoms with Gasteiger partial charge in [-0.25, -0.2) is 4.98 Å². The molecule has 0 atom stereocenters. The van der Waals surface area contributed by atoms with Crippen molar-refractivity contribution in [2.75, 3.05) is 4.90 Å². The number of hydrogen-bond donors (Lipinski definition) is 0. The van der Waals surface area contributed by atoms with Crippen LogP contribution in [0.3, 0.4) is 0 Å². The maximum Gasteiger partial charge on any atom is 0.137 e. The molecule has 0 saturated heterocycles. The largest absolute Gasteiger partial charge is 0.299 e. The number of nitrogens with zero attached hydrogens (tertiary/aromatic N) is 2. The highest BCUT2D eigenvalue weighted by atomic mass is 15.2. The van der Waals surface area contributed by atoms with Crippen LogP contribution < -0.4 is 4.90 Å². The first-order valence-electron chi connectivity index (χ1n) is 7.89. The summed E-state index contributed by atoms with van der Waals surface area (Å²) >= 11 is 0. The lowest BCUT2D eigenvalue weighted by Crippen LogP contribution is -2.17. The minimum Gasteiger partial charge on any atom is -0.299 e. The van der Waals surface area contributed by atoms with Crippen molar-refractivity contribution in [3.8, 4) is 0 Å². The first kappa shape index (κ1) is 16.8. The van der Waals surface area contributed by atoms with Crippen molar-refractivity contribution < 1.29 is 0 Å². The van der Waals surface area contributed by atoms with E-state index in [1.165, 1.54) is 5.56 Å². The van der Waals surface area contributed by atoms with Crippen molar-refractivity contribution in [3.63, 3.8) is 0 Å². The minimum atomic E-state index is 0.863. The van der Waals surface area contributed by atoms with Gasteiger partial charge in [0.2, 0.25) is 0 Å². The van der Waals surface area contributed by atoms with Gasteiger partial charge in [0.15, 0.2) is 0 Å². The van der Waals surface area contributed by atoms with Crippen molar-refractivity contribution in [3.05, 3.63) is 90.3 Å². The van der Waals surface area contributed by atoms with Gasteiger partial charge in [-0.15, -0.1) is 0 Å². The van der Waals surface area contributed by atoms with E-state index in [2.05, 4.69) is 67.8 Å². The topological polar surface area (TPSA) is 16.1 Å². The van der Waals surface area contributed by atoms with Crippen LogP contribution in [0.15, 0.2) is 79.0 Å². The number of benzene rings is 1. The highest BCUT2D eigenvalue weighted by Crippen LogP contribution is 2.31. The van der Waals surface area contributed by atoms with Gasteiger partial charge in [-0.1, -0.05) is 55.1 Å². The zero-order valence-electron chi connectivity index (χ0n) is 14.2. The van der Waals surface area contributed by atoms with Gasteiger partial charge in [0.05, 0.1) is 5.69 Å². The monoisotopic (exact) mass is 304 g/mol. The van der Waals surface area contributed by atoms with Crippen molar-refractivity contribution >= 4 is 11.5 Å². The maximum atomic E-state index is 4.71. The third-order valence-electron chi connectivity index (χ3n) is 3.72. The number of allylic oxidation sites excluding steroid dienone is 5. The molecule has 0 amide bonds. The van der Waals surface area contributed by atoms with Crippen LogP contribution in [0.2, 0.25) is 0 Å². The van der Waals surface area contributed by atoms with E-state index in [1.807, 2.05) is 25.1 Å². The summed E-state index contributed by atoms with van der Waals surface area (Å²) in [5, 5.41) is 0. The average Bonchev–Trinajstić information content (AvgIpc) is 2.56. The molecule has 0 N–H and O–H groups in total. The Bertz CT molecular complexity index is 726. The molecule has 1 heterocycles. The summed E-state index contributed by atoms with van der Waals surface area (Å²) in [7, 11) is 0. The van der Waals surface area contributed by atoms with E-state index in [1.54, 1.807) is 6.08 Å². The number of aromatic nitrogens is 1. The van der Waals surface area contributed by atoms with Gasteiger partial charge in [-0.05, 0) is 51.0 Å². The number of hydrogen-bond acceptors (Lipinski definition) is 2. The Kier molecular flexibility index (Phi) is 5.93. The summed E-state index contributed by atoms with van der Waals surface area (Å²) in [5.74, 6) is 0.945. The van der Waals surface area contributed by atoms with Crippen molar-refractivity contribution in [1.82, 2.24) is 4.98 Å². The summed E-state index contributed by atoms with van der Waals surface area (Å²) in [4.78, 5) is 6.92. The van der Waals surface area contributed by atoms with Gasteiger partial charge < -0.3 is 0 Å². The van der Waals surface area contributed by atoms with E-state index >= 15 is 0 Å². The molecule has 0 aliphatic heterocycles. The number of aryl methyl sites for hydroxylation is 1. The molecule has 0 saturated carbocycles. The fourth-order valence-electron chi connectivity index (χ4n) is 2.47. The van der Waals surface area contributed by atoms with Crippen LogP contribution in [0.1, 0.15) is 25.1 Å². The van der Waals surface area contributed by atoms with Crippen LogP contribution >= 0.6 is 0 Å². The fraction of sp³-hybridized carbons (Fsp3) is 0.190.